The standard InChI is InChI=1S/C25H26N2O5S/c1-14-8-9-18(30-3)17(11-14)26-24(28)22-15-12-19(31-4)20(32-5)13-16(15)25(29)27(2)23(22)21-7-6-10-33-21/h6-13,22-23H,1-5H3,(H,26,28). The van der Waals surface area contributed by atoms with Crippen molar-refractivity contribution in [3.8, 4) is 17.2 Å². The first kappa shape index (κ1) is 22.7. The van der Waals surface area contributed by atoms with Crippen LogP contribution in [0.1, 0.15) is 38.3 Å². The van der Waals surface area contributed by atoms with E-state index in [9.17, 15) is 9.59 Å². The highest BCUT2D eigenvalue weighted by atomic mass is 32.1. The number of ether oxygens (including phenoxy) is 3. The molecule has 1 N–H and O–H groups in total. The third-order valence-corrected chi connectivity index (χ3v) is 6.85. The molecule has 2 heterocycles. The van der Waals surface area contributed by atoms with E-state index in [0.717, 1.165) is 10.4 Å². The number of benzene rings is 2. The van der Waals surface area contributed by atoms with Crippen molar-refractivity contribution in [1.82, 2.24) is 4.90 Å². The van der Waals surface area contributed by atoms with E-state index in [1.807, 2.05) is 42.6 Å². The molecule has 0 aliphatic carbocycles. The van der Waals surface area contributed by atoms with Crippen LogP contribution in [0.3, 0.4) is 0 Å². The minimum Gasteiger partial charge on any atom is -0.495 e. The molecular formula is C25H26N2O5S. The van der Waals surface area contributed by atoms with Gasteiger partial charge in [-0.25, -0.2) is 0 Å². The van der Waals surface area contributed by atoms with E-state index in [1.165, 1.54) is 25.6 Å². The molecule has 0 saturated heterocycles. The Bertz CT molecular complexity index is 1190. The second kappa shape index (κ2) is 9.15. The molecule has 0 radical (unpaired) electrons. The predicted octanol–water partition coefficient (Wildman–Crippen LogP) is 4.63. The first-order valence-electron chi connectivity index (χ1n) is 10.4. The normalized spacial score (nSPS) is 17.4. The summed E-state index contributed by atoms with van der Waals surface area (Å²) in [6, 6.07) is 12.4. The van der Waals surface area contributed by atoms with Gasteiger partial charge in [-0.3, -0.25) is 9.59 Å². The van der Waals surface area contributed by atoms with E-state index in [2.05, 4.69) is 5.32 Å². The minimum atomic E-state index is -0.675. The fourth-order valence-corrected chi connectivity index (χ4v) is 5.18. The molecule has 2 atom stereocenters. The van der Waals surface area contributed by atoms with Gasteiger partial charge in [-0.05, 0) is 53.8 Å². The number of likely N-dealkylation sites (N-methyl/N-ethyl adjacent to an activating group) is 1. The molecule has 2 unspecified atom stereocenters. The van der Waals surface area contributed by atoms with E-state index in [0.29, 0.717) is 34.1 Å². The number of anilines is 1. The van der Waals surface area contributed by atoms with Crippen molar-refractivity contribution in [3.63, 3.8) is 0 Å². The van der Waals surface area contributed by atoms with Gasteiger partial charge >= 0.3 is 0 Å². The molecule has 1 aliphatic heterocycles. The number of thiophene rings is 1. The summed E-state index contributed by atoms with van der Waals surface area (Å²) in [5, 5.41) is 4.98. The molecule has 7 nitrogen and oxygen atoms in total. The number of hydrogen-bond acceptors (Lipinski definition) is 6. The van der Waals surface area contributed by atoms with Gasteiger partial charge < -0.3 is 24.4 Å². The van der Waals surface area contributed by atoms with Crippen LogP contribution in [0.5, 0.6) is 17.2 Å². The molecule has 33 heavy (non-hydrogen) atoms. The summed E-state index contributed by atoms with van der Waals surface area (Å²) in [4.78, 5) is 29.7. The topological polar surface area (TPSA) is 77.1 Å². The fourth-order valence-electron chi connectivity index (χ4n) is 4.28. The minimum absolute atomic E-state index is 0.179. The second-order valence-corrected chi connectivity index (χ2v) is 8.82. The Morgan fingerprint density at radius 3 is 2.33 bits per heavy atom. The molecule has 4 rings (SSSR count). The number of carbonyl (C=O) groups excluding carboxylic acids is 2. The van der Waals surface area contributed by atoms with Gasteiger partial charge in [0.25, 0.3) is 5.91 Å². The Labute approximate surface area is 196 Å². The van der Waals surface area contributed by atoms with Crippen molar-refractivity contribution in [1.29, 1.82) is 0 Å². The van der Waals surface area contributed by atoms with E-state index in [1.54, 1.807) is 31.2 Å². The Hall–Kier alpha value is -3.52. The summed E-state index contributed by atoms with van der Waals surface area (Å²) in [5.74, 6) is 0.365. The third kappa shape index (κ3) is 4.02. The summed E-state index contributed by atoms with van der Waals surface area (Å²) in [6.45, 7) is 1.95. The average molecular weight is 467 g/mol. The Morgan fingerprint density at radius 1 is 1.00 bits per heavy atom. The monoisotopic (exact) mass is 466 g/mol. The molecule has 0 saturated carbocycles. The van der Waals surface area contributed by atoms with Gasteiger partial charge in [0.05, 0.1) is 39.0 Å². The molecule has 172 valence electrons. The highest BCUT2D eigenvalue weighted by molar-refractivity contribution is 7.10. The van der Waals surface area contributed by atoms with Crippen LogP contribution in [0.2, 0.25) is 0 Å². The van der Waals surface area contributed by atoms with Gasteiger partial charge in [-0.15, -0.1) is 11.3 Å². The number of hydrogen-bond donors (Lipinski definition) is 1. The number of fused-ring (bicyclic) bond motifs is 1. The molecule has 1 aromatic heterocycles. The first-order chi connectivity index (χ1) is 15.9. The number of nitrogens with zero attached hydrogens (tertiary/aromatic N) is 1. The largest absolute Gasteiger partial charge is 0.495 e. The number of amides is 2. The van der Waals surface area contributed by atoms with Crippen molar-refractivity contribution < 1.29 is 23.8 Å². The zero-order valence-electron chi connectivity index (χ0n) is 19.2. The number of carbonyl (C=O) groups is 2. The molecule has 1 aliphatic rings. The maximum atomic E-state index is 13.8. The molecular weight excluding hydrogens is 440 g/mol. The quantitative estimate of drug-likeness (QED) is 0.573. The lowest BCUT2D eigenvalue weighted by Gasteiger charge is -2.39. The summed E-state index contributed by atoms with van der Waals surface area (Å²) >= 11 is 1.51. The molecule has 0 fully saturated rings. The maximum Gasteiger partial charge on any atom is 0.254 e. The molecule has 0 bridgehead atoms. The molecule has 3 aromatic rings. The van der Waals surface area contributed by atoms with Gasteiger partial charge in [0, 0.05) is 17.5 Å². The molecule has 0 spiro atoms. The fraction of sp³-hybridized carbons (Fsp3) is 0.280. The van der Waals surface area contributed by atoms with Crippen LogP contribution in [0.15, 0.2) is 47.8 Å². The lowest BCUT2D eigenvalue weighted by atomic mass is 9.81. The second-order valence-electron chi connectivity index (χ2n) is 7.84. The van der Waals surface area contributed by atoms with Crippen molar-refractivity contribution >= 4 is 28.8 Å². The molecule has 2 amide bonds. The summed E-state index contributed by atoms with van der Waals surface area (Å²) in [6.07, 6.45) is 0. The highest BCUT2D eigenvalue weighted by Crippen LogP contribution is 2.47. The molecule has 8 heteroatoms. The van der Waals surface area contributed by atoms with E-state index in [4.69, 9.17) is 14.2 Å². The number of rotatable bonds is 6. The highest BCUT2D eigenvalue weighted by Gasteiger charge is 2.44. The lowest BCUT2D eigenvalue weighted by Crippen LogP contribution is -2.43. The Kier molecular flexibility index (Phi) is 6.29. The summed E-state index contributed by atoms with van der Waals surface area (Å²) < 4.78 is 16.3. The van der Waals surface area contributed by atoms with Crippen LogP contribution in [0, 0.1) is 6.92 Å². The maximum absolute atomic E-state index is 13.8. The lowest BCUT2D eigenvalue weighted by molar-refractivity contribution is -0.119. The van der Waals surface area contributed by atoms with Crippen molar-refractivity contribution in [3.05, 3.63) is 69.4 Å². The SMILES string of the molecule is COc1ccc(C)cc1NC(=O)C1c2cc(OC)c(OC)cc2C(=O)N(C)C1c1cccs1. The molecule has 2 aromatic carbocycles. The summed E-state index contributed by atoms with van der Waals surface area (Å²) in [5.41, 5.74) is 2.58. The van der Waals surface area contributed by atoms with Crippen LogP contribution in [0.4, 0.5) is 5.69 Å². The van der Waals surface area contributed by atoms with Crippen LogP contribution in [0.25, 0.3) is 0 Å². The van der Waals surface area contributed by atoms with E-state index in [-0.39, 0.29) is 11.8 Å². The Balaban J connectivity index is 1.87. The zero-order chi connectivity index (χ0) is 23.7. The number of aryl methyl sites for hydroxylation is 1. The van der Waals surface area contributed by atoms with Crippen LogP contribution < -0.4 is 19.5 Å². The predicted molar refractivity (Wildman–Crippen MR) is 128 cm³/mol. The van der Waals surface area contributed by atoms with Crippen molar-refractivity contribution in [2.45, 2.75) is 18.9 Å². The van der Waals surface area contributed by atoms with Gasteiger partial charge in [-0.1, -0.05) is 12.1 Å². The van der Waals surface area contributed by atoms with Gasteiger partial charge in [-0.2, -0.15) is 0 Å². The number of nitrogens with one attached hydrogen (secondary N) is 1. The smallest absolute Gasteiger partial charge is 0.254 e. The van der Waals surface area contributed by atoms with Crippen LogP contribution in [-0.4, -0.2) is 45.1 Å². The van der Waals surface area contributed by atoms with E-state index < -0.39 is 12.0 Å². The Morgan fingerprint density at radius 2 is 1.70 bits per heavy atom. The van der Waals surface area contributed by atoms with E-state index >= 15 is 0 Å². The third-order valence-electron chi connectivity index (χ3n) is 5.90. The number of methoxy groups -OCH3 is 3. The van der Waals surface area contributed by atoms with Crippen molar-refractivity contribution in [2.75, 3.05) is 33.7 Å². The van der Waals surface area contributed by atoms with Gasteiger partial charge in [0.15, 0.2) is 11.5 Å². The van der Waals surface area contributed by atoms with Gasteiger partial charge in [0.1, 0.15) is 5.75 Å². The first-order valence-corrected chi connectivity index (χ1v) is 11.3. The average Bonchev–Trinajstić information content (AvgIpc) is 3.34. The summed E-state index contributed by atoms with van der Waals surface area (Å²) in [7, 11) is 6.34. The van der Waals surface area contributed by atoms with Crippen LogP contribution >= 0.6 is 11.3 Å². The van der Waals surface area contributed by atoms with Gasteiger partial charge in [0.2, 0.25) is 5.91 Å². The van der Waals surface area contributed by atoms with Crippen LogP contribution in [-0.2, 0) is 4.79 Å². The zero-order valence-corrected chi connectivity index (χ0v) is 20.0. The van der Waals surface area contributed by atoms with Crippen molar-refractivity contribution in [2.24, 2.45) is 0 Å².